The maximum absolute atomic E-state index is 5.39. The van der Waals surface area contributed by atoms with Crippen molar-refractivity contribution in [3.63, 3.8) is 0 Å². The molecular formula is C7H13NO. The minimum absolute atomic E-state index is 0.285. The van der Waals surface area contributed by atoms with Crippen LogP contribution in [0.2, 0.25) is 0 Å². The molecule has 2 N–H and O–H groups in total. The van der Waals surface area contributed by atoms with Gasteiger partial charge in [-0.2, -0.15) is 0 Å². The lowest BCUT2D eigenvalue weighted by molar-refractivity contribution is 0.114. The first-order valence-corrected chi connectivity index (χ1v) is 3.31. The van der Waals surface area contributed by atoms with E-state index in [1.807, 2.05) is 6.08 Å². The Hall–Kier alpha value is -0.340. The highest BCUT2D eigenvalue weighted by molar-refractivity contribution is 4.85. The van der Waals surface area contributed by atoms with Crippen LogP contribution in [-0.2, 0) is 4.74 Å². The first kappa shape index (κ1) is 6.78. The van der Waals surface area contributed by atoms with Crippen molar-refractivity contribution in [1.82, 2.24) is 0 Å². The molecule has 1 aliphatic heterocycles. The van der Waals surface area contributed by atoms with Gasteiger partial charge in [0.2, 0.25) is 0 Å². The maximum atomic E-state index is 5.39. The molecule has 1 aliphatic rings. The average Bonchev–Trinajstić information content (AvgIpc) is 2.34. The van der Waals surface area contributed by atoms with E-state index in [2.05, 4.69) is 6.58 Å². The van der Waals surface area contributed by atoms with Crippen LogP contribution in [0.25, 0.3) is 0 Å². The average molecular weight is 127 g/mol. The summed E-state index contributed by atoms with van der Waals surface area (Å²) in [7, 11) is 0. The number of hydrogen-bond donors (Lipinski definition) is 1. The summed E-state index contributed by atoms with van der Waals surface area (Å²) in [5, 5.41) is 0. The molecule has 0 aliphatic carbocycles. The van der Waals surface area contributed by atoms with Crippen molar-refractivity contribution in [1.29, 1.82) is 0 Å². The zero-order valence-electron chi connectivity index (χ0n) is 5.55. The Morgan fingerprint density at radius 3 is 2.89 bits per heavy atom. The molecule has 0 spiro atoms. The fourth-order valence-corrected chi connectivity index (χ4v) is 1.06. The van der Waals surface area contributed by atoms with Crippen molar-refractivity contribution in [2.75, 3.05) is 13.2 Å². The molecule has 0 aromatic rings. The molecule has 0 amide bonds. The highest BCUT2D eigenvalue weighted by atomic mass is 16.5. The summed E-state index contributed by atoms with van der Waals surface area (Å²) in [5.74, 6) is 0.540. The molecule has 1 rings (SSSR count). The van der Waals surface area contributed by atoms with Crippen LogP contribution >= 0.6 is 0 Å². The topological polar surface area (TPSA) is 35.2 Å². The van der Waals surface area contributed by atoms with Crippen LogP contribution in [0.3, 0.4) is 0 Å². The van der Waals surface area contributed by atoms with Crippen molar-refractivity contribution in [3.05, 3.63) is 12.7 Å². The fourth-order valence-electron chi connectivity index (χ4n) is 1.06. The third-order valence-electron chi connectivity index (χ3n) is 1.71. The molecule has 2 nitrogen and oxygen atoms in total. The zero-order valence-corrected chi connectivity index (χ0v) is 5.55. The number of ether oxygens (including phenoxy) is 1. The molecule has 0 radical (unpaired) electrons. The fraction of sp³-hybridized carbons (Fsp3) is 0.714. The second-order valence-electron chi connectivity index (χ2n) is 2.42. The van der Waals surface area contributed by atoms with Crippen LogP contribution in [-0.4, -0.2) is 19.3 Å². The zero-order chi connectivity index (χ0) is 6.69. The summed E-state index contributed by atoms with van der Waals surface area (Å²) in [5.41, 5.74) is 5.39. The van der Waals surface area contributed by atoms with Crippen LogP contribution in [0.4, 0.5) is 0 Å². The van der Waals surface area contributed by atoms with Gasteiger partial charge in [0.15, 0.2) is 0 Å². The minimum Gasteiger partial charge on any atom is -0.376 e. The van der Waals surface area contributed by atoms with Crippen LogP contribution < -0.4 is 5.73 Å². The highest BCUT2D eigenvalue weighted by Gasteiger charge is 2.21. The van der Waals surface area contributed by atoms with Crippen molar-refractivity contribution < 1.29 is 4.74 Å². The van der Waals surface area contributed by atoms with Crippen LogP contribution in [0, 0.1) is 5.92 Å². The third kappa shape index (κ3) is 1.53. The highest BCUT2D eigenvalue weighted by Crippen LogP contribution is 2.18. The first-order valence-electron chi connectivity index (χ1n) is 3.31. The second kappa shape index (κ2) is 2.99. The Morgan fingerprint density at radius 1 is 1.78 bits per heavy atom. The lowest BCUT2D eigenvalue weighted by Crippen LogP contribution is -2.18. The van der Waals surface area contributed by atoms with Crippen molar-refractivity contribution >= 4 is 0 Å². The number of nitrogens with two attached hydrogens (primary N) is 1. The summed E-state index contributed by atoms with van der Waals surface area (Å²) in [6.45, 7) is 5.14. The Morgan fingerprint density at radius 2 is 2.56 bits per heavy atom. The van der Waals surface area contributed by atoms with Gasteiger partial charge in [0.1, 0.15) is 0 Å². The molecule has 1 saturated heterocycles. The summed E-state index contributed by atoms with van der Waals surface area (Å²) in [6.07, 6.45) is 3.28. The molecule has 0 aromatic heterocycles. The SMILES string of the molecule is C=C[C@H]1CO[C@@H](CN)C1. The molecule has 1 fully saturated rings. The Kier molecular flexibility index (Phi) is 2.25. The van der Waals surface area contributed by atoms with E-state index in [1.165, 1.54) is 0 Å². The second-order valence-corrected chi connectivity index (χ2v) is 2.42. The molecule has 0 bridgehead atoms. The number of rotatable bonds is 2. The van der Waals surface area contributed by atoms with E-state index >= 15 is 0 Å². The predicted octanol–water partition coefficient (Wildman–Crippen LogP) is 0.536. The molecule has 2 atom stereocenters. The van der Waals surface area contributed by atoms with E-state index < -0.39 is 0 Å². The Labute approximate surface area is 55.7 Å². The van der Waals surface area contributed by atoms with E-state index in [0.717, 1.165) is 13.0 Å². The third-order valence-corrected chi connectivity index (χ3v) is 1.71. The van der Waals surface area contributed by atoms with Gasteiger partial charge in [-0.1, -0.05) is 6.08 Å². The van der Waals surface area contributed by atoms with Gasteiger partial charge in [-0.05, 0) is 6.42 Å². The molecule has 52 valence electrons. The van der Waals surface area contributed by atoms with E-state index in [9.17, 15) is 0 Å². The maximum Gasteiger partial charge on any atom is 0.0704 e. The van der Waals surface area contributed by atoms with Gasteiger partial charge < -0.3 is 10.5 Å². The largest absolute Gasteiger partial charge is 0.376 e. The normalized spacial score (nSPS) is 34.8. The molecule has 2 heteroatoms. The molecule has 9 heavy (non-hydrogen) atoms. The lowest BCUT2D eigenvalue weighted by atomic mass is 10.1. The van der Waals surface area contributed by atoms with Gasteiger partial charge in [0.25, 0.3) is 0 Å². The van der Waals surface area contributed by atoms with Crippen molar-refractivity contribution in [3.8, 4) is 0 Å². The van der Waals surface area contributed by atoms with Crippen LogP contribution in [0.15, 0.2) is 12.7 Å². The quantitative estimate of drug-likeness (QED) is 0.549. The van der Waals surface area contributed by atoms with Gasteiger partial charge in [0.05, 0.1) is 12.7 Å². The van der Waals surface area contributed by atoms with Gasteiger partial charge in [-0.15, -0.1) is 6.58 Å². The molecule has 0 saturated carbocycles. The first-order chi connectivity index (χ1) is 4.36. The smallest absolute Gasteiger partial charge is 0.0704 e. The molecular weight excluding hydrogens is 114 g/mol. The molecule has 1 heterocycles. The Bertz CT molecular complexity index is 103. The van der Waals surface area contributed by atoms with Gasteiger partial charge in [-0.3, -0.25) is 0 Å². The standard InChI is InChI=1S/C7H13NO/c1-2-6-3-7(4-8)9-5-6/h2,6-7H,1,3-5,8H2/t6-,7-/m1/s1. The van der Waals surface area contributed by atoms with Gasteiger partial charge in [-0.25, -0.2) is 0 Å². The van der Waals surface area contributed by atoms with E-state index in [4.69, 9.17) is 10.5 Å². The molecule has 0 unspecified atom stereocenters. The summed E-state index contributed by atoms with van der Waals surface area (Å²) in [6, 6.07) is 0. The lowest BCUT2D eigenvalue weighted by Gasteiger charge is -2.02. The van der Waals surface area contributed by atoms with Crippen molar-refractivity contribution in [2.24, 2.45) is 11.7 Å². The Balaban J connectivity index is 2.28. The monoisotopic (exact) mass is 127 g/mol. The summed E-state index contributed by atoms with van der Waals surface area (Å²) in [4.78, 5) is 0. The summed E-state index contributed by atoms with van der Waals surface area (Å²) < 4.78 is 5.31. The van der Waals surface area contributed by atoms with E-state index in [1.54, 1.807) is 0 Å². The van der Waals surface area contributed by atoms with Crippen molar-refractivity contribution in [2.45, 2.75) is 12.5 Å². The molecule has 0 aromatic carbocycles. The summed E-state index contributed by atoms with van der Waals surface area (Å²) >= 11 is 0. The van der Waals surface area contributed by atoms with E-state index in [-0.39, 0.29) is 6.10 Å². The minimum atomic E-state index is 0.285. The van der Waals surface area contributed by atoms with Gasteiger partial charge >= 0.3 is 0 Å². The van der Waals surface area contributed by atoms with Crippen LogP contribution in [0.1, 0.15) is 6.42 Å². The predicted molar refractivity (Wildman–Crippen MR) is 37.1 cm³/mol. The van der Waals surface area contributed by atoms with E-state index in [0.29, 0.717) is 12.5 Å². The number of hydrogen-bond acceptors (Lipinski definition) is 2. The van der Waals surface area contributed by atoms with Crippen LogP contribution in [0.5, 0.6) is 0 Å². The van der Waals surface area contributed by atoms with Gasteiger partial charge in [0, 0.05) is 12.5 Å².